The molecule has 1 aromatic heterocycles. The molecule has 2 aromatic rings. The van der Waals surface area contributed by atoms with Gasteiger partial charge >= 0.3 is 0 Å². The SMILES string of the molecule is CN1CCN(CCCc2cccc(-c3ccncc3)c2)CC1. The van der Waals surface area contributed by atoms with Crippen LogP contribution in [0.1, 0.15) is 12.0 Å². The molecule has 1 aliphatic rings. The van der Waals surface area contributed by atoms with Gasteiger partial charge in [-0.3, -0.25) is 4.98 Å². The van der Waals surface area contributed by atoms with Crippen molar-refractivity contribution in [3.63, 3.8) is 0 Å². The minimum atomic E-state index is 1.16. The second kappa shape index (κ2) is 7.52. The van der Waals surface area contributed by atoms with Crippen molar-refractivity contribution in [1.29, 1.82) is 0 Å². The zero-order valence-corrected chi connectivity index (χ0v) is 13.4. The van der Waals surface area contributed by atoms with Crippen LogP contribution in [0.2, 0.25) is 0 Å². The molecule has 0 amide bonds. The maximum absolute atomic E-state index is 4.09. The second-order valence-corrected chi connectivity index (χ2v) is 6.18. The third kappa shape index (κ3) is 4.15. The molecule has 1 saturated heterocycles. The maximum atomic E-state index is 4.09. The van der Waals surface area contributed by atoms with Gasteiger partial charge in [-0.25, -0.2) is 0 Å². The summed E-state index contributed by atoms with van der Waals surface area (Å²) >= 11 is 0. The Morgan fingerprint density at radius 1 is 0.955 bits per heavy atom. The van der Waals surface area contributed by atoms with Gasteiger partial charge in [-0.05, 0) is 55.3 Å². The first-order valence-electron chi connectivity index (χ1n) is 8.21. The number of nitrogens with zero attached hydrogens (tertiary/aromatic N) is 3. The molecule has 116 valence electrons. The van der Waals surface area contributed by atoms with Crippen LogP contribution in [0.4, 0.5) is 0 Å². The fraction of sp³-hybridized carbons (Fsp3) is 0.421. The molecule has 0 radical (unpaired) electrons. The number of rotatable bonds is 5. The van der Waals surface area contributed by atoms with Crippen LogP contribution in [-0.4, -0.2) is 54.6 Å². The monoisotopic (exact) mass is 295 g/mol. The van der Waals surface area contributed by atoms with Gasteiger partial charge in [0.05, 0.1) is 0 Å². The normalized spacial score (nSPS) is 16.8. The molecule has 0 saturated carbocycles. The highest BCUT2D eigenvalue weighted by Crippen LogP contribution is 2.20. The standard InChI is InChI=1S/C19H25N3/c1-21-12-14-22(15-13-21)11-3-5-17-4-2-6-19(16-17)18-7-9-20-10-8-18/h2,4,6-10,16H,3,5,11-15H2,1H3. The Kier molecular flexibility index (Phi) is 5.20. The van der Waals surface area contributed by atoms with Crippen LogP contribution in [0.3, 0.4) is 0 Å². The van der Waals surface area contributed by atoms with Gasteiger partial charge in [-0.1, -0.05) is 24.3 Å². The van der Waals surface area contributed by atoms with E-state index < -0.39 is 0 Å². The largest absolute Gasteiger partial charge is 0.304 e. The second-order valence-electron chi connectivity index (χ2n) is 6.18. The smallest absolute Gasteiger partial charge is 0.0273 e. The summed E-state index contributed by atoms with van der Waals surface area (Å²) in [6, 6.07) is 13.1. The molecule has 1 aliphatic heterocycles. The summed E-state index contributed by atoms with van der Waals surface area (Å²) in [6.45, 7) is 6.06. The predicted molar refractivity (Wildman–Crippen MR) is 91.9 cm³/mol. The molecule has 0 N–H and O–H groups in total. The van der Waals surface area contributed by atoms with E-state index in [0.717, 1.165) is 6.42 Å². The van der Waals surface area contributed by atoms with E-state index in [-0.39, 0.29) is 0 Å². The number of aromatic nitrogens is 1. The van der Waals surface area contributed by atoms with Gasteiger partial charge in [0.2, 0.25) is 0 Å². The first-order valence-corrected chi connectivity index (χ1v) is 8.21. The third-order valence-electron chi connectivity index (χ3n) is 4.48. The van der Waals surface area contributed by atoms with E-state index in [4.69, 9.17) is 0 Å². The summed E-state index contributed by atoms with van der Waals surface area (Å²) < 4.78 is 0. The fourth-order valence-corrected chi connectivity index (χ4v) is 3.03. The van der Waals surface area contributed by atoms with Gasteiger partial charge in [-0.15, -0.1) is 0 Å². The molecule has 0 unspecified atom stereocenters. The van der Waals surface area contributed by atoms with Gasteiger partial charge < -0.3 is 9.80 Å². The maximum Gasteiger partial charge on any atom is 0.0273 e. The fourth-order valence-electron chi connectivity index (χ4n) is 3.03. The van der Waals surface area contributed by atoms with Crippen LogP contribution in [0.15, 0.2) is 48.8 Å². The number of hydrogen-bond donors (Lipinski definition) is 0. The Labute approximate surface area is 133 Å². The Bertz CT molecular complexity index is 574. The van der Waals surface area contributed by atoms with Crippen LogP contribution in [0.5, 0.6) is 0 Å². The van der Waals surface area contributed by atoms with E-state index in [9.17, 15) is 0 Å². The number of piperazine rings is 1. The van der Waals surface area contributed by atoms with E-state index in [1.54, 1.807) is 0 Å². The van der Waals surface area contributed by atoms with Crippen LogP contribution in [-0.2, 0) is 6.42 Å². The molecule has 0 bridgehead atoms. The van der Waals surface area contributed by atoms with Crippen LogP contribution < -0.4 is 0 Å². The van der Waals surface area contributed by atoms with Crippen molar-refractivity contribution >= 4 is 0 Å². The Hall–Kier alpha value is -1.71. The van der Waals surface area contributed by atoms with Crippen molar-refractivity contribution in [2.75, 3.05) is 39.8 Å². The summed E-state index contributed by atoms with van der Waals surface area (Å²) in [5.74, 6) is 0. The van der Waals surface area contributed by atoms with Gasteiger partial charge in [0.1, 0.15) is 0 Å². The number of pyridine rings is 1. The summed E-state index contributed by atoms with van der Waals surface area (Å²) in [5.41, 5.74) is 3.97. The molecule has 2 heterocycles. The Morgan fingerprint density at radius 3 is 2.50 bits per heavy atom. The first-order chi connectivity index (χ1) is 10.8. The van der Waals surface area contributed by atoms with Crippen molar-refractivity contribution in [3.8, 4) is 11.1 Å². The van der Waals surface area contributed by atoms with Gasteiger partial charge in [0, 0.05) is 38.6 Å². The molecular formula is C19H25N3. The van der Waals surface area contributed by atoms with E-state index in [2.05, 4.69) is 58.2 Å². The minimum absolute atomic E-state index is 1.16. The average molecular weight is 295 g/mol. The predicted octanol–water partition coefficient (Wildman–Crippen LogP) is 2.93. The zero-order chi connectivity index (χ0) is 15.2. The number of aryl methyl sites for hydroxylation is 1. The Morgan fingerprint density at radius 2 is 1.73 bits per heavy atom. The molecule has 3 rings (SSSR count). The van der Waals surface area contributed by atoms with Crippen molar-refractivity contribution in [1.82, 2.24) is 14.8 Å². The first kappa shape index (κ1) is 15.2. The molecule has 3 heteroatoms. The van der Waals surface area contributed by atoms with Crippen molar-refractivity contribution in [3.05, 3.63) is 54.4 Å². The van der Waals surface area contributed by atoms with Crippen molar-refractivity contribution in [2.45, 2.75) is 12.8 Å². The minimum Gasteiger partial charge on any atom is -0.304 e. The lowest BCUT2D eigenvalue weighted by Crippen LogP contribution is -2.44. The molecule has 22 heavy (non-hydrogen) atoms. The molecule has 0 spiro atoms. The highest BCUT2D eigenvalue weighted by atomic mass is 15.2. The summed E-state index contributed by atoms with van der Waals surface area (Å²) in [7, 11) is 2.21. The molecule has 3 nitrogen and oxygen atoms in total. The van der Waals surface area contributed by atoms with Gasteiger partial charge in [0.25, 0.3) is 0 Å². The lowest BCUT2D eigenvalue weighted by molar-refractivity contribution is 0.153. The summed E-state index contributed by atoms with van der Waals surface area (Å²) in [5, 5.41) is 0. The van der Waals surface area contributed by atoms with Crippen molar-refractivity contribution < 1.29 is 0 Å². The Balaban J connectivity index is 1.53. The highest BCUT2D eigenvalue weighted by molar-refractivity contribution is 5.63. The van der Waals surface area contributed by atoms with Crippen LogP contribution >= 0.6 is 0 Å². The van der Waals surface area contributed by atoms with Crippen LogP contribution in [0, 0.1) is 0 Å². The lowest BCUT2D eigenvalue weighted by Gasteiger charge is -2.32. The average Bonchev–Trinajstić information content (AvgIpc) is 2.58. The van der Waals surface area contributed by atoms with Gasteiger partial charge in [0.15, 0.2) is 0 Å². The van der Waals surface area contributed by atoms with Gasteiger partial charge in [-0.2, -0.15) is 0 Å². The van der Waals surface area contributed by atoms with Crippen molar-refractivity contribution in [2.24, 2.45) is 0 Å². The molecule has 0 atom stereocenters. The molecule has 1 aromatic carbocycles. The topological polar surface area (TPSA) is 19.4 Å². The van der Waals surface area contributed by atoms with E-state index in [1.165, 1.54) is 55.8 Å². The quantitative estimate of drug-likeness (QED) is 0.845. The lowest BCUT2D eigenvalue weighted by atomic mass is 10.0. The molecular weight excluding hydrogens is 270 g/mol. The van der Waals surface area contributed by atoms with E-state index in [0.29, 0.717) is 0 Å². The molecule has 1 fully saturated rings. The number of likely N-dealkylation sites (N-methyl/N-ethyl adjacent to an activating group) is 1. The molecule has 0 aliphatic carbocycles. The van der Waals surface area contributed by atoms with E-state index in [1.807, 2.05) is 12.4 Å². The zero-order valence-electron chi connectivity index (χ0n) is 13.4. The van der Waals surface area contributed by atoms with Crippen LogP contribution in [0.25, 0.3) is 11.1 Å². The summed E-state index contributed by atoms with van der Waals surface area (Å²) in [4.78, 5) is 9.09. The summed E-state index contributed by atoms with van der Waals surface area (Å²) in [6.07, 6.45) is 6.11. The van der Waals surface area contributed by atoms with E-state index >= 15 is 0 Å². The third-order valence-corrected chi connectivity index (χ3v) is 4.48. The number of hydrogen-bond acceptors (Lipinski definition) is 3. The number of benzene rings is 1. The highest BCUT2D eigenvalue weighted by Gasteiger charge is 2.12.